The first-order chi connectivity index (χ1) is 17.1. The van der Waals surface area contributed by atoms with Gasteiger partial charge in [-0.15, -0.1) is 0 Å². The second-order valence-corrected chi connectivity index (χ2v) is 9.61. The molecule has 4 aromatic rings. The number of aromatic nitrogens is 2. The number of fused-ring (bicyclic) bond motifs is 2. The smallest absolute Gasteiger partial charge is 0.272 e. The Morgan fingerprint density at radius 1 is 1.00 bits per heavy atom. The Labute approximate surface area is 204 Å². The number of nitrogens with zero attached hydrogens (tertiary/aromatic N) is 3. The Morgan fingerprint density at radius 2 is 1.80 bits per heavy atom. The van der Waals surface area contributed by atoms with Crippen LogP contribution in [-0.4, -0.2) is 52.6 Å². The van der Waals surface area contributed by atoms with Crippen molar-refractivity contribution in [3.63, 3.8) is 0 Å². The molecule has 7 nitrogen and oxygen atoms in total. The molecule has 2 aliphatic rings. The lowest BCUT2D eigenvalue weighted by Crippen LogP contribution is -2.38. The van der Waals surface area contributed by atoms with E-state index in [1.54, 1.807) is 0 Å². The Morgan fingerprint density at radius 3 is 2.63 bits per heavy atom. The molecule has 1 saturated heterocycles. The Bertz CT molecular complexity index is 1430. The summed E-state index contributed by atoms with van der Waals surface area (Å²) in [5.74, 6) is 0. The van der Waals surface area contributed by atoms with Gasteiger partial charge in [0.1, 0.15) is 6.23 Å². The molecule has 3 N–H and O–H groups in total. The van der Waals surface area contributed by atoms with E-state index in [1.807, 2.05) is 53.4 Å². The first-order valence-electron chi connectivity index (χ1n) is 12.2. The third-order valence-corrected chi connectivity index (χ3v) is 7.29. The first-order valence-corrected chi connectivity index (χ1v) is 12.2. The van der Waals surface area contributed by atoms with Gasteiger partial charge in [0.25, 0.3) is 5.56 Å². The third kappa shape index (κ3) is 4.07. The summed E-state index contributed by atoms with van der Waals surface area (Å²) in [6.07, 6.45) is 1.30. The van der Waals surface area contributed by atoms with Gasteiger partial charge in [0.15, 0.2) is 0 Å². The molecule has 178 valence electrons. The fourth-order valence-corrected chi connectivity index (χ4v) is 5.35. The number of likely N-dealkylation sites (N-methyl/N-ethyl adjacent to an activating group) is 1. The van der Waals surface area contributed by atoms with Gasteiger partial charge in [-0.25, -0.2) is 5.10 Å². The van der Waals surface area contributed by atoms with Crippen molar-refractivity contribution in [1.29, 1.82) is 0 Å². The van der Waals surface area contributed by atoms with Crippen molar-refractivity contribution in [1.82, 2.24) is 15.1 Å². The molecule has 2 atom stereocenters. The van der Waals surface area contributed by atoms with Crippen LogP contribution < -0.4 is 15.8 Å². The maximum Gasteiger partial charge on any atom is 0.272 e. The minimum atomic E-state index is -0.616. The molecule has 1 fully saturated rings. The summed E-state index contributed by atoms with van der Waals surface area (Å²) >= 11 is 0. The van der Waals surface area contributed by atoms with Crippen LogP contribution in [0.4, 0.5) is 11.4 Å². The second kappa shape index (κ2) is 8.83. The molecule has 2 aliphatic heterocycles. The summed E-state index contributed by atoms with van der Waals surface area (Å²) in [7, 11) is 2.16. The maximum atomic E-state index is 12.1. The van der Waals surface area contributed by atoms with Gasteiger partial charge < -0.3 is 20.2 Å². The summed E-state index contributed by atoms with van der Waals surface area (Å²) in [5.41, 5.74) is 6.31. The summed E-state index contributed by atoms with van der Waals surface area (Å²) in [4.78, 5) is 16.5. The number of nitrogens with one attached hydrogen (secondary N) is 2. The molecule has 0 saturated carbocycles. The topological polar surface area (TPSA) is 84.5 Å². The quantitative estimate of drug-likeness (QED) is 0.426. The number of hydrogen-bond acceptors (Lipinski definition) is 6. The molecular weight excluding hydrogens is 438 g/mol. The van der Waals surface area contributed by atoms with Gasteiger partial charge in [-0.3, -0.25) is 4.79 Å². The van der Waals surface area contributed by atoms with Crippen molar-refractivity contribution in [2.24, 2.45) is 0 Å². The number of hydrogen-bond donors (Lipinski definition) is 3. The number of benzene rings is 3. The molecule has 0 radical (unpaired) electrons. The fraction of sp³-hybridized carbons (Fsp3) is 0.286. The average molecular weight is 468 g/mol. The van der Waals surface area contributed by atoms with E-state index in [-0.39, 0.29) is 11.6 Å². The van der Waals surface area contributed by atoms with Gasteiger partial charge in [0, 0.05) is 42.0 Å². The van der Waals surface area contributed by atoms with E-state index in [1.165, 1.54) is 11.1 Å². The Balaban J connectivity index is 1.19. The van der Waals surface area contributed by atoms with E-state index in [9.17, 15) is 9.90 Å². The summed E-state index contributed by atoms with van der Waals surface area (Å²) < 4.78 is 0. The molecule has 2 unspecified atom stereocenters. The van der Waals surface area contributed by atoms with Crippen LogP contribution >= 0.6 is 0 Å². The predicted octanol–water partition coefficient (Wildman–Crippen LogP) is 3.59. The SMILES string of the molecule is CN1CCc2cc(NC3CCN(c4ccc(-c5n[nH]c(=O)c6ccccc56)cc4)C3O)ccc2C1. The van der Waals surface area contributed by atoms with E-state index in [4.69, 9.17) is 0 Å². The van der Waals surface area contributed by atoms with Crippen LogP contribution in [0.2, 0.25) is 0 Å². The molecule has 35 heavy (non-hydrogen) atoms. The van der Waals surface area contributed by atoms with Gasteiger partial charge in [0.05, 0.1) is 17.1 Å². The van der Waals surface area contributed by atoms with Crippen molar-refractivity contribution < 1.29 is 5.11 Å². The normalized spacial score (nSPS) is 20.2. The second-order valence-electron chi connectivity index (χ2n) is 9.61. The molecule has 0 spiro atoms. The zero-order chi connectivity index (χ0) is 23.9. The fourth-order valence-electron chi connectivity index (χ4n) is 5.35. The van der Waals surface area contributed by atoms with Crippen LogP contribution in [0, 0.1) is 0 Å². The molecule has 3 aromatic carbocycles. The minimum absolute atomic E-state index is 0.0381. The van der Waals surface area contributed by atoms with Crippen LogP contribution in [0.15, 0.2) is 71.5 Å². The highest BCUT2D eigenvalue weighted by Gasteiger charge is 2.33. The predicted molar refractivity (Wildman–Crippen MR) is 140 cm³/mol. The summed E-state index contributed by atoms with van der Waals surface area (Å²) in [6, 6.07) is 22.1. The van der Waals surface area contributed by atoms with Gasteiger partial charge in [0.2, 0.25) is 0 Å². The van der Waals surface area contributed by atoms with Crippen molar-refractivity contribution >= 4 is 22.1 Å². The van der Waals surface area contributed by atoms with E-state index < -0.39 is 6.23 Å². The number of rotatable bonds is 4. The maximum absolute atomic E-state index is 12.1. The van der Waals surface area contributed by atoms with Crippen LogP contribution in [-0.2, 0) is 13.0 Å². The highest BCUT2D eigenvalue weighted by molar-refractivity contribution is 5.93. The molecule has 0 bridgehead atoms. The van der Waals surface area contributed by atoms with Crippen LogP contribution in [0.25, 0.3) is 22.0 Å². The lowest BCUT2D eigenvalue weighted by atomic mass is 9.99. The van der Waals surface area contributed by atoms with Crippen molar-refractivity contribution in [2.75, 3.05) is 30.4 Å². The molecule has 0 amide bonds. The van der Waals surface area contributed by atoms with Gasteiger partial charge in [-0.2, -0.15) is 5.10 Å². The zero-order valence-electron chi connectivity index (χ0n) is 19.7. The number of aromatic amines is 1. The van der Waals surface area contributed by atoms with Gasteiger partial charge in [-0.1, -0.05) is 36.4 Å². The molecule has 0 aliphatic carbocycles. The van der Waals surface area contributed by atoms with Crippen molar-refractivity contribution in [3.8, 4) is 11.3 Å². The minimum Gasteiger partial charge on any atom is -0.378 e. The number of anilines is 2. The highest BCUT2D eigenvalue weighted by atomic mass is 16.3. The number of aliphatic hydroxyl groups excluding tert-OH is 1. The van der Waals surface area contributed by atoms with E-state index >= 15 is 0 Å². The van der Waals surface area contributed by atoms with Gasteiger partial charge >= 0.3 is 0 Å². The third-order valence-electron chi connectivity index (χ3n) is 7.29. The average Bonchev–Trinajstić information content (AvgIpc) is 3.24. The van der Waals surface area contributed by atoms with Crippen LogP contribution in [0.1, 0.15) is 17.5 Å². The number of aliphatic hydroxyl groups is 1. The molecule has 1 aromatic heterocycles. The van der Waals surface area contributed by atoms with Gasteiger partial charge in [-0.05, 0) is 61.3 Å². The Kier molecular flexibility index (Phi) is 5.51. The number of H-pyrrole nitrogens is 1. The highest BCUT2D eigenvalue weighted by Crippen LogP contribution is 2.31. The van der Waals surface area contributed by atoms with Crippen LogP contribution in [0.3, 0.4) is 0 Å². The van der Waals surface area contributed by atoms with E-state index in [0.29, 0.717) is 5.39 Å². The lowest BCUT2D eigenvalue weighted by molar-refractivity contribution is 0.174. The largest absolute Gasteiger partial charge is 0.378 e. The molecule has 6 rings (SSSR count). The summed E-state index contributed by atoms with van der Waals surface area (Å²) in [6.45, 7) is 2.85. The lowest BCUT2D eigenvalue weighted by Gasteiger charge is -2.28. The van der Waals surface area contributed by atoms with E-state index in [0.717, 1.165) is 60.5 Å². The Hall–Kier alpha value is -3.68. The van der Waals surface area contributed by atoms with Crippen molar-refractivity contribution in [3.05, 3.63) is 88.2 Å². The summed E-state index contributed by atoms with van der Waals surface area (Å²) in [5, 5.41) is 23.0. The molecule has 7 heteroatoms. The zero-order valence-corrected chi connectivity index (χ0v) is 19.7. The van der Waals surface area contributed by atoms with E-state index in [2.05, 4.69) is 45.7 Å². The van der Waals surface area contributed by atoms with Crippen molar-refractivity contribution in [2.45, 2.75) is 31.7 Å². The van der Waals surface area contributed by atoms with Crippen LogP contribution in [0.5, 0.6) is 0 Å². The molecular formula is C28H29N5O2. The first kappa shape index (κ1) is 21.8. The monoisotopic (exact) mass is 467 g/mol. The standard InChI is InChI=1S/C28H29N5O2/c1-32-14-12-19-16-21(9-6-20(19)17-32)29-25-13-15-33(28(25)35)22-10-7-18(8-11-22)26-23-4-2-3-5-24(23)27(34)31-30-26/h2-11,16,25,28-29,35H,12-15,17H2,1H3,(H,31,34). The molecule has 3 heterocycles.